The van der Waals surface area contributed by atoms with Crippen LogP contribution in [0.5, 0.6) is 0 Å². The van der Waals surface area contributed by atoms with Crippen LogP contribution in [0.15, 0.2) is 29.8 Å². The van der Waals surface area contributed by atoms with E-state index in [1.807, 2.05) is 12.1 Å². The summed E-state index contributed by atoms with van der Waals surface area (Å²) in [5.41, 5.74) is 3.11. The van der Waals surface area contributed by atoms with Crippen molar-refractivity contribution in [3.05, 3.63) is 41.0 Å². The zero-order valence-corrected chi connectivity index (χ0v) is 9.94. The molecule has 0 atom stereocenters. The Labute approximate surface area is 101 Å². The number of benzene rings is 1. The van der Waals surface area contributed by atoms with E-state index < -0.39 is 0 Å². The fourth-order valence-corrected chi connectivity index (χ4v) is 1.85. The zero-order valence-electron chi connectivity index (χ0n) is 9.94. The highest BCUT2D eigenvalue weighted by atomic mass is 16.5. The Bertz CT molecular complexity index is 410. The van der Waals surface area contributed by atoms with Gasteiger partial charge in [0.2, 0.25) is 0 Å². The van der Waals surface area contributed by atoms with Crippen LogP contribution in [-0.2, 0) is 9.47 Å². The van der Waals surface area contributed by atoms with Gasteiger partial charge in [0.15, 0.2) is 0 Å². The molecule has 1 aromatic carbocycles. The van der Waals surface area contributed by atoms with Gasteiger partial charge in [-0.15, -0.1) is 0 Å². The number of hydrogen-bond acceptors (Lipinski definition) is 3. The Hall–Kier alpha value is -1.61. The number of rotatable bonds is 2. The van der Waals surface area contributed by atoms with Crippen LogP contribution in [0.3, 0.4) is 0 Å². The molecule has 1 saturated heterocycles. The predicted molar refractivity (Wildman–Crippen MR) is 65.8 cm³/mol. The Kier molecular flexibility index (Phi) is 3.94. The molecule has 0 spiro atoms. The molecule has 0 aromatic heterocycles. The maximum atomic E-state index is 11.3. The van der Waals surface area contributed by atoms with Gasteiger partial charge in [-0.05, 0) is 30.5 Å². The molecule has 1 aromatic rings. The highest BCUT2D eigenvalue weighted by Gasteiger charge is 2.06. The van der Waals surface area contributed by atoms with Crippen LogP contribution in [0, 0.1) is 0 Å². The molecule has 1 aliphatic rings. The molecule has 1 heterocycles. The summed E-state index contributed by atoms with van der Waals surface area (Å²) < 4.78 is 9.96. The van der Waals surface area contributed by atoms with Crippen molar-refractivity contribution in [3.8, 4) is 0 Å². The molecule has 0 saturated carbocycles. The molecule has 1 aliphatic heterocycles. The van der Waals surface area contributed by atoms with Crippen LogP contribution in [0.1, 0.15) is 28.8 Å². The second kappa shape index (κ2) is 5.64. The number of hydrogen-bond donors (Lipinski definition) is 0. The van der Waals surface area contributed by atoms with Gasteiger partial charge in [0.05, 0.1) is 25.9 Å². The minimum atomic E-state index is -0.296. The van der Waals surface area contributed by atoms with E-state index >= 15 is 0 Å². The fourth-order valence-electron chi connectivity index (χ4n) is 1.85. The van der Waals surface area contributed by atoms with Crippen LogP contribution in [-0.4, -0.2) is 26.3 Å². The van der Waals surface area contributed by atoms with E-state index in [0.717, 1.165) is 31.6 Å². The van der Waals surface area contributed by atoms with E-state index in [2.05, 4.69) is 10.8 Å². The molecule has 0 bridgehead atoms. The monoisotopic (exact) mass is 232 g/mol. The summed E-state index contributed by atoms with van der Waals surface area (Å²) in [5.74, 6) is -0.296. The van der Waals surface area contributed by atoms with Crippen molar-refractivity contribution in [3.63, 3.8) is 0 Å². The Morgan fingerprint density at radius 3 is 2.47 bits per heavy atom. The van der Waals surface area contributed by atoms with Gasteiger partial charge in [-0.25, -0.2) is 4.79 Å². The zero-order chi connectivity index (χ0) is 12.1. The van der Waals surface area contributed by atoms with E-state index in [0.29, 0.717) is 5.56 Å². The minimum Gasteiger partial charge on any atom is -0.465 e. The lowest BCUT2D eigenvalue weighted by Gasteiger charge is -2.14. The fraction of sp³-hybridized carbons (Fsp3) is 0.357. The van der Waals surface area contributed by atoms with Gasteiger partial charge in [0.1, 0.15) is 0 Å². The number of methoxy groups -OCH3 is 1. The van der Waals surface area contributed by atoms with Gasteiger partial charge >= 0.3 is 5.97 Å². The maximum Gasteiger partial charge on any atom is 0.337 e. The molecule has 90 valence electrons. The summed E-state index contributed by atoms with van der Waals surface area (Å²) >= 11 is 0. The molecule has 3 nitrogen and oxygen atoms in total. The molecule has 3 heteroatoms. The predicted octanol–water partition coefficient (Wildman–Crippen LogP) is 2.67. The first-order chi connectivity index (χ1) is 8.29. The lowest BCUT2D eigenvalue weighted by molar-refractivity contribution is 0.0600. The average Bonchev–Trinajstić information content (AvgIpc) is 2.40. The van der Waals surface area contributed by atoms with Gasteiger partial charge < -0.3 is 9.47 Å². The number of ether oxygens (including phenoxy) is 2. The first-order valence-electron chi connectivity index (χ1n) is 5.75. The minimum absolute atomic E-state index is 0.296. The highest BCUT2D eigenvalue weighted by molar-refractivity contribution is 5.89. The van der Waals surface area contributed by atoms with Crippen LogP contribution in [0.4, 0.5) is 0 Å². The van der Waals surface area contributed by atoms with Crippen molar-refractivity contribution in [2.24, 2.45) is 0 Å². The largest absolute Gasteiger partial charge is 0.465 e. The molecule has 0 aliphatic carbocycles. The van der Waals surface area contributed by atoms with E-state index in [1.165, 1.54) is 12.7 Å². The van der Waals surface area contributed by atoms with Gasteiger partial charge in [0.25, 0.3) is 0 Å². The van der Waals surface area contributed by atoms with Crippen molar-refractivity contribution in [2.75, 3.05) is 20.3 Å². The maximum absolute atomic E-state index is 11.3. The summed E-state index contributed by atoms with van der Waals surface area (Å²) in [6.45, 7) is 1.62. The lowest BCUT2D eigenvalue weighted by atomic mass is 10.0. The van der Waals surface area contributed by atoms with Crippen molar-refractivity contribution in [1.82, 2.24) is 0 Å². The third-order valence-electron chi connectivity index (χ3n) is 2.84. The summed E-state index contributed by atoms with van der Waals surface area (Å²) in [7, 11) is 1.39. The summed E-state index contributed by atoms with van der Waals surface area (Å²) in [6, 6.07) is 7.46. The van der Waals surface area contributed by atoms with Crippen LogP contribution < -0.4 is 0 Å². The lowest BCUT2D eigenvalue weighted by Crippen LogP contribution is -2.07. The van der Waals surface area contributed by atoms with Crippen molar-refractivity contribution >= 4 is 12.0 Å². The van der Waals surface area contributed by atoms with E-state index in [-0.39, 0.29) is 5.97 Å². The third kappa shape index (κ3) is 3.17. The standard InChI is InChI=1S/C14H16O3/c1-16-14(15)13-4-2-11(3-5-13)10-12-6-8-17-9-7-12/h2-5,10H,6-9H2,1H3. The second-order valence-corrected chi connectivity index (χ2v) is 4.03. The Balaban J connectivity index is 2.09. The molecule has 0 N–H and O–H groups in total. The SMILES string of the molecule is COC(=O)c1ccc(C=C2CCOCC2)cc1. The van der Waals surface area contributed by atoms with Gasteiger partial charge in [-0.1, -0.05) is 23.8 Å². The Morgan fingerprint density at radius 1 is 1.24 bits per heavy atom. The first kappa shape index (κ1) is 11.9. The highest BCUT2D eigenvalue weighted by Crippen LogP contribution is 2.17. The van der Waals surface area contributed by atoms with Gasteiger partial charge in [0, 0.05) is 0 Å². The van der Waals surface area contributed by atoms with E-state index in [9.17, 15) is 4.79 Å². The summed E-state index contributed by atoms with van der Waals surface area (Å²) in [5, 5.41) is 0. The average molecular weight is 232 g/mol. The quantitative estimate of drug-likeness (QED) is 0.735. The number of carbonyl (C=O) groups is 1. The van der Waals surface area contributed by atoms with E-state index in [1.54, 1.807) is 12.1 Å². The molecule has 0 radical (unpaired) electrons. The van der Waals surface area contributed by atoms with Crippen molar-refractivity contribution < 1.29 is 14.3 Å². The van der Waals surface area contributed by atoms with Crippen molar-refractivity contribution in [2.45, 2.75) is 12.8 Å². The second-order valence-electron chi connectivity index (χ2n) is 4.03. The Morgan fingerprint density at radius 2 is 1.88 bits per heavy atom. The number of carbonyl (C=O) groups excluding carboxylic acids is 1. The molecule has 0 unspecified atom stereocenters. The van der Waals surface area contributed by atoms with Crippen LogP contribution in [0.2, 0.25) is 0 Å². The number of esters is 1. The van der Waals surface area contributed by atoms with Crippen LogP contribution in [0.25, 0.3) is 6.08 Å². The van der Waals surface area contributed by atoms with Gasteiger partial charge in [-0.3, -0.25) is 0 Å². The molecule has 1 fully saturated rings. The molecular formula is C14H16O3. The molecule has 0 amide bonds. The molecule has 2 rings (SSSR count). The first-order valence-corrected chi connectivity index (χ1v) is 5.75. The topological polar surface area (TPSA) is 35.5 Å². The summed E-state index contributed by atoms with van der Waals surface area (Å²) in [4.78, 5) is 11.3. The van der Waals surface area contributed by atoms with Crippen molar-refractivity contribution in [1.29, 1.82) is 0 Å². The normalized spacial score (nSPS) is 15.5. The smallest absolute Gasteiger partial charge is 0.337 e. The molecule has 17 heavy (non-hydrogen) atoms. The molecular weight excluding hydrogens is 216 g/mol. The third-order valence-corrected chi connectivity index (χ3v) is 2.84. The van der Waals surface area contributed by atoms with E-state index in [4.69, 9.17) is 4.74 Å². The summed E-state index contributed by atoms with van der Waals surface area (Å²) in [6.07, 6.45) is 4.17. The van der Waals surface area contributed by atoms with Gasteiger partial charge in [-0.2, -0.15) is 0 Å². The van der Waals surface area contributed by atoms with Crippen LogP contribution >= 0.6 is 0 Å².